The highest BCUT2D eigenvalue weighted by molar-refractivity contribution is 5.89. The number of aromatic nitrogens is 3. The number of ether oxygens (including phenoxy) is 1. The quantitative estimate of drug-likeness (QED) is 0.575. The molecule has 0 aliphatic rings. The van der Waals surface area contributed by atoms with Crippen LogP contribution in [0.1, 0.15) is 39.9 Å². The van der Waals surface area contributed by atoms with Crippen LogP contribution in [0.5, 0.6) is 0 Å². The van der Waals surface area contributed by atoms with Crippen molar-refractivity contribution in [1.82, 2.24) is 15.0 Å². The predicted octanol–water partition coefficient (Wildman–Crippen LogP) is 2.78. The Kier molecular flexibility index (Phi) is 5.44. The maximum Gasteiger partial charge on any atom is 0.338 e. The minimum absolute atomic E-state index is 0.341. The van der Waals surface area contributed by atoms with E-state index in [0.29, 0.717) is 29.3 Å². The van der Waals surface area contributed by atoms with Gasteiger partial charge in [0.25, 0.3) is 0 Å². The van der Waals surface area contributed by atoms with Crippen molar-refractivity contribution in [3.8, 4) is 23.7 Å². The SMILES string of the molecule is CCOC(=O)c1ccc(C#Cc2nc[nH]c2C#Cc2ccccn2)cc1. The highest BCUT2D eigenvalue weighted by Gasteiger charge is 2.05. The van der Waals surface area contributed by atoms with Crippen LogP contribution in [0.25, 0.3) is 0 Å². The summed E-state index contributed by atoms with van der Waals surface area (Å²) in [7, 11) is 0. The van der Waals surface area contributed by atoms with E-state index in [9.17, 15) is 4.79 Å². The van der Waals surface area contributed by atoms with E-state index >= 15 is 0 Å². The number of hydrogen-bond acceptors (Lipinski definition) is 4. The second-order valence-corrected chi connectivity index (χ2v) is 5.14. The average molecular weight is 341 g/mol. The van der Waals surface area contributed by atoms with Crippen molar-refractivity contribution in [2.45, 2.75) is 6.92 Å². The van der Waals surface area contributed by atoms with Crippen LogP contribution >= 0.6 is 0 Å². The molecule has 126 valence electrons. The first-order valence-electron chi connectivity index (χ1n) is 8.02. The Morgan fingerprint density at radius 3 is 2.62 bits per heavy atom. The van der Waals surface area contributed by atoms with Crippen molar-refractivity contribution < 1.29 is 9.53 Å². The lowest BCUT2D eigenvalue weighted by Crippen LogP contribution is -2.04. The van der Waals surface area contributed by atoms with Gasteiger partial charge in [-0.3, -0.25) is 0 Å². The first-order valence-corrected chi connectivity index (χ1v) is 8.02. The molecule has 0 fully saturated rings. The average Bonchev–Trinajstić information content (AvgIpc) is 3.13. The topological polar surface area (TPSA) is 67.9 Å². The van der Waals surface area contributed by atoms with Crippen molar-refractivity contribution in [2.75, 3.05) is 6.61 Å². The fourth-order valence-corrected chi connectivity index (χ4v) is 2.08. The summed E-state index contributed by atoms with van der Waals surface area (Å²) in [5, 5.41) is 0. The van der Waals surface area contributed by atoms with Crippen LogP contribution in [0.15, 0.2) is 55.0 Å². The van der Waals surface area contributed by atoms with Crippen LogP contribution in [-0.2, 0) is 4.74 Å². The largest absolute Gasteiger partial charge is 0.462 e. The Balaban J connectivity index is 1.76. The summed E-state index contributed by atoms with van der Waals surface area (Å²) in [6.07, 6.45) is 3.24. The lowest BCUT2D eigenvalue weighted by Gasteiger charge is -2.00. The highest BCUT2D eigenvalue weighted by atomic mass is 16.5. The Hall–Kier alpha value is -3.83. The molecule has 1 N–H and O–H groups in total. The number of carbonyl (C=O) groups excluding carboxylic acids is 1. The van der Waals surface area contributed by atoms with Crippen molar-refractivity contribution in [1.29, 1.82) is 0 Å². The molecule has 0 aliphatic carbocycles. The van der Waals surface area contributed by atoms with E-state index in [0.717, 1.165) is 5.56 Å². The van der Waals surface area contributed by atoms with Crippen molar-refractivity contribution in [2.24, 2.45) is 0 Å². The Morgan fingerprint density at radius 2 is 1.88 bits per heavy atom. The van der Waals surface area contributed by atoms with E-state index in [1.807, 2.05) is 18.2 Å². The molecule has 2 aromatic heterocycles. The molecule has 26 heavy (non-hydrogen) atoms. The number of hydrogen-bond donors (Lipinski definition) is 1. The summed E-state index contributed by atoms with van der Waals surface area (Å²) in [6.45, 7) is 2.12. The third-order valence-corrected chi connectivity index (χ3v) is 3.34. The third kappa shape index (κ3) is 4.37. The van der Waals surface area contributed by atoms with Crippen LogP contribution in [0.3, 0.4) is 0 Å². The van der Waals surface area contributed by atoms with Gasteiger partial charge < -0.3 is 9.72 Å². The fraction of sp³-hybridized carbons (Fsp3) is 0.0952. The molecule has 3 rings (SSSR count). The van der Waals surface area contributed by atoms with Gasteiger partial charge >= 0.3 is 5.97 Å². The molecule has 5 heteroatoms. The van der Waals surface area contributed by atoms with Crippen molar-refractivity contribution >= 4 is 5.97 Å². The molecule has 0 spiro atoms. The van der Waals surface area contributed by atoms with Crippen molar-refractivity contribution in [3.05, 3.63) is 83.2 Å². The van der Waals surface area contributed by atoms with Crippen LogP contribution in [0.2, 0.25) is 0 Å². The lowest BCUT2D eigenvalue weighted by atomic mass is 10.1. The summed E-state index contributed by atoms with van der Waals surface area (Å²) >= 11 is 0. The van der Waals surface area contributed by atoms with Crippen LogP contribution in [0.4, 0.5) is 0 Å². The van der Waals surface area contributed by atoms with Crippen LogP contribution < -0.4 is 0 Å². The molecule has 2 heterocycles. The number of imidazole rings is 1. The zero-order valence-electron chi connectivity index (χ0n) is 14.1. The number of nitrogens with one attached hydrogen (secondary N) is 1. The van der Waals surface area contributed by atoms with E-state index < -0.39 is 0 Å². The summed E-state index contributed by atoms with van der Waals surface area (Å²) < 4.78 is 4.96. The molecule has 5 nitrogen and oxygen atoms in total. The minimum atomic E-state index is -0.341. The number of aromatic amines is 1. The smallest absolute Gasteiger partial charge is 0.338 e. The van der Waals surface area contributed by atoms with E-state index in [2.05, 4.69) is 38.6 Å². The number of benzene rings is 1. The van der Waals surface area contributed by atoms with Crippen LogP contribution in [-0.4, -0.2) is 27.5 Å². The van der Waals surface area contributed by atoms with Crippen LogP contribution in [0, 0.1) is 23.7 Å². The van der Waals surface area contributed by atoms with Gasteiger partial charge in [-0.05, 0) is 61.1 Å². The van der Waals surface area contributed by atoms with Gasteiger partial charge in [-0.25, -0.2) is 14.8 Å². The molecule has 3 aromatic rings. The van der Waals surface area contributed by atoms with Gasteiger partial charge in [-0.15, -0.1) is 0 Å². The van der Waals surface area contributed by atoms with Crippen molar-refractivity contribution in [3.63, 3.8) is 0 Å². The summed E-state index contributed by atoms with van der Waals surface area (Å²) in [4.78, 5) is 23.0. The van der Waals surface area contributed by atoms with E-state index in [1.165, 1.54) is 0 Å². The molecule has 0 saturated carbocycles. The third-order valence-electron chi connectivity index (χ3n) is 3.34. The van der Waals surface area contributed by atoms with E-state index in [4.69, 9.17) is 4.74 Å². The van der Waals surface area contributed by atoms with Gasteiger partial charge in [0.2, 0.25) is 0 Å². The second-order valence-electron chi connectivity index (χ2n) is 5.14. The molecule has 0 amide bonds. The maximum absolute atomic E-state index is 11.6. The number of pyridine rings is 1. The number of carbonyl (C=O) groups is 1. The predicted molar refractivity (Wildman–Crippen MR) is 97.2 cm³/mol. The van der Waals surface area contributed by atoms with Gasteiger partial charge in [0.15, 0.2) is 0 Å². The highest BCUT2D eigenvalue weighted by Crippen LogP contribution is 2.06. The molecule has 0 bridgehead atoms. The van der Waals surface area contributed by atoms with Gasteiger partial charge in [-0.2, -0.15) is 0 Å². The molecule has 0 saturated heterocycles. The fourth-order valence-electron chi connectivity index (χ4n) is 2.08. The van der Waals surface area contributed by atoms with Gasteiger partial charge in [0, 0.05) is 11.8 Å². The zero-order valence-corrected chi connectivity index (χ0v) is 14.1. The molecular weight excluding hydrogens is 326 g/mol. The molecular formula is C21H15N3O2. The number of esters is 1. The molecule has 0 unspecified atom stereocenters. The monoisotopic (exact) mass is 341 g/mol. The molecule has 0 radical (unpaired) electrons. The zero-order chi connectivity index (χ0) is 18.2. The molecule has 1 aromatic carbocycles. The Morgan fingerprint density at radius 1 is 1.04 bits per heavy atom. The second kappa shape index (κ2) is 8.32. The number of rotatable bonds is 2. The number of H-pyrrole nitrogens is 1. The van der Waals surface area contributed by atoms with Gasteiger partial charge in [0.1, 0.15) is 17.1 Å². The van der Waals surface area contributed by atoms with Gasteiger partial charge in [0.05, 0.1) is 18.5 Å². The summed E-state index contributed by atoms with van der Waals surface area (Å²) in [5.41, 5.74) is 3.13. The minimum Gasteiger partial charge on any atom is -0.462 e. The first kappa shape index (κ1) is 17.0. The first-order chi connectivity index (χ1) is 12.8. The Bertz CT molecular complexity index is 1010. The van der Waals surface area contributed by atoms with E-state index in [-0.39, 0.29) is 5.97 Å². The lowest BCUT2D eigenvalue weighted by molar-refractivity contribution is 0.0526. The Labute approximate surface area is 151 Å². The molecule has 0 aliphatic heterocycles. The van der Waals surface area contributed by atoms with E-state index in [1.54, 1.807) is 43.7 Å². The molecule has 0 atom stereocenters. The maximum atomic E-state index is 11.6. The van der Waals surface area contributed by atoms with Gasteiger partial charge in [-0.1, -0.05) is 12.0 Å². The normalized spacial score (nSPS) is 9.42. The number of nitrogens with zero attached hydrogens (tertiary/aromatic N) is 2. The standard InChI is InChI=1S/C21H15N3O2/c1-2-26-21(25)17-9-6-16(7-10-17)8-12-19-20(24-15-23-19)13-11-18-5-3-4-14-22-18/h3-7,9-10,14-15H,2H2,1H3,(H,23,24). The summed E-state index contributed by atoms with van der Waals surface area (Å²) in [6, 6.07) is 12.5. The summed E-state index contributed by atoms with van der Waals surface area (Å²) in [5.74, 6) is 11.6.